The first-order chi connectivity index (χ1) is 13.8. The zero-order chi connectivity index (χ0) is 19.6. The summed E-state index contributed by atoms with van der Waals surface area (Å²) < 4.78 is 10.6. The first-order valence-corrected chi connectivity index (χ1v) is 11.0. The second kappa shape index (κ2) is 13.1. The van der Waals surface area contributed by atoms with Gasteiger partial charge < -0.3 is 19.4 Å². The van der Waals surface area contributed by atoms with E-state index in [1.807, 2.05) is 19.1 Å². The Labute approximate surface area is 191 Å². The summed E-state index contributed by atoms with van der Waals surface area (Å²) in [5, 5.41) is 3.54. The molecule has 0 aromatic carbocycles. The molecule has 1 N–H and O–H groups in total. The maximum atomic E-state index is 12.0. The van der Waals surface area contributed by atoms with Crippen molar-refractivity contribution in [3.63, 3.8) is 0 Å². The van der Waals surface area contributed by atoms with E-state index in [-0.39, 0.29) is 35.9 Å². The van der Waals surface area contributed by atoms with E-state index in [0.717, 1.165) is 57.2 Å². The van der Waals surface area contributed by atoms with Gasteiger partial charge in [-0.3, -0.25) is 9.79 Å². The first-order valence-electron chi connectivity index (χ1n) is 11.0. The summed E-state index contributed by atoms with van der Waals surface area (Å²) in [5.41, 5.74) is 0. The van der Waals surface area contributed by atoms with Crippen molar-refractivity contribution in [3.8, 4) is 0 Å². The number of ether oxygens (including phenoxy) is 1. The van der Waals surface area contributed by atoms with Crippen LogP contribution in [-0.2, 0) is 16.0 Å². The van der Waals surface area contributed by atoms with Gasteiger partial charge in [-0.05, 0) is 50.7 Å². The van der Waals surface area contributed by atoms with Crippen molar-refractivity contribution in [1.82, 2.24) is 10.2 Å². The lowest BCUT2D eigenvalue weighted by atomic mass is 9.89. The van der Waals surface area contributed by atoms with E-state index in [4.69, 9.17) is 14.1 Å². The number of halogens is 1. The molecule has 0 radical (unpaired) electrons. The van der Waals surface area contributed by atoms with Gasteiger partial charge in [-0.15, -0.1) is 24.0 Å². The zero-order valence-corrected chi connectivity index (χ0v) is 19.9. The summed E-state index contributed by atoms with van der Waals surface area (Å²) in [6.07, 6.45) is 10.9. The zero-order valence-electron chi connectivity index (χ0n) is 17.6. The molecule has 1 aliphatic carbocycles. The van der Waals surface area contributed by atoms with Crippen LogP contribution >= 0.6 is 24.0 Å². The molecular weight excluding hydrogens is 481 g/mol. The monoisotopic (exact) mass is 517 g/mol. The van der Waals surface area contributed by atoms with Crippen LogP contribution in [-0.4, -0.2) is 49.6 Å². The first kappa shape index (κ1) is 24.0. The third-order valence-corrected chi connectivity index (χ3v) is 5.87. The van der Waals surface area contributed by atoms with Crippen molar-refractivity contribution in [1.29, 1.82) is 0 Å². The largest absolute Gasteiger partial charge is 0.469 e. The van der Waals surface area contributed by atoms with Crippen LogP contribution in [0.4, 0.5) is 0 Å². The van der Waals surface area contributed by atoms with Gasteiger partial charge in [0, 0.05) is 32.6 Å². The molecule has 2 heterocycles. The number of guanidine groups is 1. The number of hydrogen-bond acceptors (Lipinski definition) is 4. The number of nitrogens with zero attached hydrogens (tertiary/aromatic N) is 2. The number of furan rings is 1. The minimum atomic E-state index is -0.0476. The highest BCUT2D eigenvalue weighted by Crippen LogP contribution is 2.24. The molecule has 0 spiro atoms. The van der Waals surface area contributed by atoms with Crippen molar-refractivity contribution >= 4 is 35.9 Å². The standard InChI is InChI=1S/C22H35N3O3.HI/c1-2-27-21(26)19-11-14-25(15-12-19)22(23-13-10-20-9-6-16-28-20)24-17-18-7-4-3-5-8-18;/h6,9,16,18-19H,2-5,7-8,10-15,17H2,1H3,(H,23,24);1H. The van der Waals surface area contributed by atoms with E-state index < -0.39 is 0 Å². The van der Waals surface area contributed by atoms with Crippen LogP contribution < -0.4 is 5.32 Å². The number of rotatable bonds is 7. The van der Waals surface area contributed by atoms with Crippen molar-refractivity contribution in [2.75, 3.05) is 32.8 Å². The fourth-order valence-electron chi connectivity index (χ4n) is 4.19. The third kappa shape index (κ3) is 7.83. The second-order valence-electron chi connectivity index (χ2n) is 7.94. The predicted octanol–water partition coefficient (Wildman–Crippen LogP) is 4.24. The van der Waals surface area contributed by atoms with Gasteiger partial charge >= 0.3 is 5.97 Å². The van der Waals surface area contributed by atoms with E-state index in [1.54, 1.807) is 6.26 Å². The minimum Gasteiger partial charge on any atom is -0.469 e. The lowest BCUT2D eigenvalue weighted by Crippen LogP contribution is -2.47. The molecular formula is C22H36IN3O3. The summed E-state index contributed by atoms with van der Waals surface area (Å²) in [7, 11) is 0. The molecule has 0 bridgehead atoms. The highest BCUT2D eigenvalue weighted by molar-refractivity contribution is 14.0. The maximum absolute atomic E-state index is 12.0. The van der Waals surface area contributed by atoms with Crippen LogP contribution in [0.2, 0.25) is 0 Å². The number of esters is 1. The average Bonchev–Trinajstić information content (AvgIpc) is 3.25. The highest BCUT2D eigenvalue weighted by Gasteiger charge is 2.27. The van der Waals surface area contributed by atoms with Crippen molar-refractivity contribution in [2.24, 2.45) is 16.8 Å². The Kier molecular flexibility index (Phi) is 10.9. The fourth-order valence-corrected chi connectivity index (χ4v) is 4.19. The lowest BCUT2D eigenvalue weighted by Gasteiger charge is -2.33. The summed E-state index contributed by atoms with van der Waals surface area (Å²) >= 11 is 0. The molecule has 3 rings (SSSR count). The second-order valence-corrected chi connectivity index (χ2v) is 7.94. The van der Waals surface area contributed by atoms with Gasteiger partial charge in [0.2, 0.25) is 0 Å². The molecule has 0 unspecified atom stereocenters. The molecule has 1 aliphatic heterocycles. The van der Waals surface area contributed by atoms with Gasteiger partial charge in [0.05, 0.1) is 18.8 Å². The quantitative estimate of drug-likeness (QED) is 0.254. The van der Waals surface area contributed by atoms with Crippen molar-refractivity contribution in [3.05, 3.63) is 24.2 Å². The number of likely N-dealkylation sites (tertiary alicyclic amines) is 1. The van der Waals surface area contributed by atoms with Crippen LogP contribution in [0.5, 0.6) is 0 Å². The average molecular weight is 517 g/mol. The molecule has 0 amide bonds. The maximum Gasteiger partial charge on any atom is 0.309 e. The molecule has 1 saturated heterocycles. The highest BCUT2D eigenvalue weighted by atomic mass is 127. The minimum absolute atomic E-state index is 0. The fraction of sp³-hybridized carbons (Fsp3) is 0.727. The summed E-state index contributed by atoms with van der Waals surface area (Å²) in [5.74, 6) is 2.67. The number of nitrogens with one attached hydrogen (secondary N) is 1. The summed E-state index contributed by atoms with van der Waals surface area (Å²) in [6.45, 7) is 5.73. The smallest absolute Gasteiger partial charge is 0.309 e. The van der Waals surface area contributed by atoms with E-state index in [2.05, 4.69) is 10.2 Å². The van der Waals surface area contributed by atoms with Crippen molar-refractivity contribution in [2.45, 2.75) is 58.3 Å². The number of hydrogen-bond donors (Lipinski definition) is 1. The van der Waals surface area contributed by atoms with E-state index in [0.29, 0.717) is 12.5 Å². The predicted molar refractivity (Wildman–Crippen MR) is 126 cm³/mol. The number of piperidine rings is 1. The Morgan fingerprint density at radius 3 is 2.66 bits per heavy atom. The Hall–Kier alpha value is -1.25. The number of aliphatic imine (C=N–C) groups is 1. The van der Waals surface area contributed by atoms with Gasteiger partial charge in [0.15, 0.2) is 5.96 Å². The van der Waals surface area contributed by atoms with Gasteiger partial charge in [-0.2, -0.15) is 0 Å². The Morgan fingerprint density at radius 1 is 1.24 bits per heavy atom. The SMILES string of the molecule is CCOC(=O)C1CCN(C(=NCC2CCCCC2)NCCc2ccco2)CC1.I. The molecule has 2 fully saturated rings. The van der Waals surface area contributed by atoms with Crippen LogP contribution in [0.1, 0.15) is 57.6 Å². The van der Waals surface area contributed by atoms with Gasteiger partial charge in [-0.25, -0.2) is 0 Å². The molecule has 1 aromatic heterocycles. The Bertz CT molecular complexity index is 607. The van der Waals surface area contributed by atoms with Crippen LogP contribution in [0.15, 0.2) is 27.8 Å². The summed E-state index contributed by atoms with van der Waals surface area (Å²) in [4.78, 5) is 19.3. The Balaban J connectivity index is 0.00000300. The number of carbonyl (C=O) groups excluding carboxylic acids is 1. The molecule has 0 atom stereocenters. The van der Waals surface area contributed by atoms with E-state index >= 15 is 0 Å². The molecule has 2 aliphatic rings. The van der Waals surface area contributed by atoms with Gasteiger partial charge in [0.1, 0.15) is 5.76 Å². The normalized spacial score (nSPS) is 18.9. The number of carbonyl (C=O) groups is 1. The van der Waals surface area contributed by atoms with Crippen LogP contribution in [0.25, 0.3) is 0 Å². The molecule has 6 nitrogen and oxygen atoms in total. The van der Waals surface area contributed by atoms with Crippen LogP contribution in [0, 0.1) is 11.8 Å². The molecule has 1 aromatic rings. The molecule has 1 saturated carbocycles. The Morgan fingerprint density at radius 2 is 2.00 bits per heavy atom. The van der Waals surface area contributed by atoms with Crippen molar-refractivity contribution < 1.29 is 13.9 Å². The molecule has 164 valence electrons. The topological polar surface area (TPSA) is 67.1 Å². The van der Waals surface area contributed by atoms with E-state index in [1.165, 1.54) is 32.1 Å². The third-order valence-electron chi connectivity index (χ3n) is 5.87. The molecule has 29 heavy (non-hydrogen) atoms. The van der Waals surface area contributed by atoms with E-state index in [9.17, 15) is 4.79 Å². The van der Waals surface area contributed by atoms with Crippen LogP contribution in [0.3, 0.4) is 0 Å². The lowest BCUT2D eigenvalue weighted by molar-refractivity contribution is -0.149. The van der Waals surface area contributed by atoms with Gasteiger partial charge in [-0.1, -0.05) is 19.3 Å². The summed E-state index contributed by atoms with van der Waals surface area (Å²) in [6, 6.07) is 3.93. The van der Waals surface area contributed by atoms with Gasteiger partial charge in [0.25, 0.3) is 0 Å². The molecule has 7 heteroatoms.